The lowest BCUT2D eigenvalue weighted by Gasteiger charge is -2.45. The maximum Gasteiger partial charge on any atom is 0.411 e. The molecule has 13 heteroatoms. The van der Waals surface area contributed by atoms with Gasteiger partial charge in [0.25, 0.3) is 0 Å². The van der Waals surface area contributed by atoms with Crippen LogP contribution in [0.5, 0.6) is 11.5 Å². The lowest BCUT2D eigenvalue weighted by molar-refractivity contribution is -0.938. The van der Waals surface area contributed by atoms with Gasteiger partial charge >= 0.3 is 6.09 Å². The summed E-state index contributed by atoms with van der Waals surface area (Å²) in [4.78, 5) is 40.9. The Morgan fingerprint density at radius 3 is 2.42 bits per heavy atom. The molecule has 4 heterocycles. The number of hydrogen-bond acceptors (Lipinski definition) is 9. The minimum Gasteiger partial charge on any atom is -0.506 e. The second-order valence-electron chi connectivity index (χ2n) is 15.7. The van der Waals surface area contributed by atoms with Crippen molar-refractivity contribution in [3.05, 3.63) is 118 Å². The van der Waals surface area contributed by atoms with Gasteiger partial charge in [0.05, 0.1) is 44.2 Å². The van der Waals surface area contributed by atoms with E-state index in [0.29, 0.717) is 53.1 Å². The van der Waals surface area contributed by atoms with Crippen molar-refractivity contribution < 1.29 is 38.5 Å². The minimum atomic E-state index is -0.903. The summed E-state index contributed by atoms with van der Waals surface area (Å²) in [5.41, 5.74) is 5.23. The number of morpholine rings is 1. The molecule has 3 saturated heterocycles. The van der Waals surface area contributed by atoms with Crippen molar-refractivity contribution in [1.82, 2.24) is 10.3 Å². The molecule has 0 saturated carbocycles. The van der Waals surface area contributed by atoms with Crippen molar-refractivity contribution >= 4 is 34.3 Å². The number of carbonyl (C=O) groups is 2. The number of epoxide rings is 1. The third kappa shape index (κ3) is 7.96. The van der Waals surface area contributed by atoms with E-state index in [4.69, 9.17) is 14.2 Å². The number of aliphatic hydroxyl groups is 1. The molecule has 13 nitrogen and oxygen atoms in total. The number of nitrogens with zero attached hydrogens (tertiary/aromatic N) is 1. The van der Waals surface area contributed by atoms with Crippen LogP contribution in [0.2, 0.25) is 0 Å². The van der Waals surface area contributed by atoms with E-state index >= 15 is 0 Å². The van der Waals surface area contributed by atoms with E-state index < -0.39 is 12.2 Å². The number of H-pyrrole nitrogens is 1. The average Bonchev–Trinajstić information content (AvgIpc) is 3.97. The van der Waals surface area contributed by atoms with Crippen LogP contribution in [-0.4, -0.2) is 89.8 Å². The Morgan fingerprint density at radius 2 is 1.67 bits per heavy atom. The number of piperidine rings is 1. The number of ether oxygens (including phenoxy) is 3. The molecule has 2 bridgehead atoms. The molecule has 6 N–H and O–H groups in total. The summed E-state index contributed by atoms with van der Waals surface area (Å²) in [6.45, 7) is 0.618. The SMILES string of the molecule is COc1cc(CNC[C@H](O)c2ccc(O)c3[nH]c(=O)ccc23)ccc1NC(=O)CCc1ccc(-c2ccccc2)c(NC(=O)O[C@@H]2C[C@@H]3[C@H]4O[C@H]4[C@H](C2)[N+]3(C)C)c1. The summed E-state index contributed by atoms with van der Waals surface area (Å²) in [5, 5.41) is 30.9. The van der Waals surface area contributed by atoms with Gasteiger partial charge in [0.15, 0.2) is 0 Å². The van der Waals surface area contributed by atoms with E-state index in [1.807, 2.05) is 60.7 Å². The highest BCUT2D eigenvalue weighted by atomic mass is 16.6. The van der Waals surface area contributed by atoms with Gasteiger partial charge < -0.3 is 44.5 Å². The third-order valence-corrected chi connectivity index (χ3v) is 11.8. The molecule has 6 atom stereocenters. The number of phenols is 1. The number of anilines is 2. The molecule has 8 rings (SSSR count). The number of amides is 2. The van der Waals surface area contributed by atoms with Gasteiger partial charge in [-0.05, 0) is 59.0 Å². The summed E-state index contributed by atoms with van der Waals surface area (Å²) in [7, 11) is 6.03. The number of benzene rings is 4. The lowest BCUT2D eigenvalue weighted by Crippen LogP contribution is -2.60. The van der Waals surface area contributed by atoms with Gasteiger partial charge in [-0.15, -0.1) is 0 Å². The Hall–Kier alpha value is -5.73. The Bertz CT molecular complexity index is 2340. The number of rotatable bonds is 13. The molecule has 0 spiro atoms. The number of carbonyl (C=O) groups excluding carboxylic acids is 2. The van der Waals surface area contributed by atoms with Crippen molar-refractivity contribution in [3.8, 4) is 22.6 Å². The third-order valence-electron chi connectivity index (χ3n) is 11.8. The second kappa shape index (κ2) is 15.7. The van der Waals surface area contributed by atoms with Crippen LogP contribution in [0.3, 0.4) is 0 Å². The van der Waals surface area contributed by atoms with Gasteiger partial charge in [-0.3, -0.25) is 14.9 Å². The lowest BCUT2D eigenvalue weighted by atomic mass is 9.96. The average molecular weight is 775 g/mol. The maximum absolute atomic E-state index is 13.3. The molecule has 3 aliphatic rings. The molecule has 3 aliphatic heterocycles. The number of aromatic hydroxyl groups is 1. The topological polar surface area (TPSA) is 175 Å². The van der Waals surface area contributed by atoms with E-state index in [0.717, 1.165) is 39.6 Å². The Balaban J connectivity index is 0.869. The van der Waals surface area contributed by atoms with E-state index in [1.165, 1.54) is 19.2 Å². The predicted octanol–water partition coefficient (Wildman–Crippen LogP) is 5.61. The van der Waals surface area contributed by atoms with Crippen LogP contribution < -0.4 is 26.2 Å². The number of methoxy groups -OCH3 is 1. The second-order valence-corrected chi connectivity index (χ2v) is 15.7. The number of aryl methyl sites for hydroxylation is 1. The first-order chi connectivity index (χ1) is 27.5. The number of pyridine rings is 1. The standard InChI is InChI=1S/C44H47N5O8/c1-49(2)34-21-28(22-35(49)43-42(34)57-43)56-44(54)47-33-19-25(9-12-29(33)27-7-5-4-6-8-27)11-17-39(52)46-32-15-10-26(20-38(32)55-3)23-45-24-37(51)30-13-16-36(50)41-31(30)14-18-40(53)48-41/h4-10,12-16,18-20,28,34-35,37,42-43,45,51H,11,17,21-24H2,1-3H3,(H3-,46,47,48,50,52,53,54)/p+1/t28-,34-,35+,37-,42-,43+/m0/s1. The van der Waals surface area contributed by atoms with Crippen LogP contribution in [0.1, 0.15) is 42.1 Å². The van der Waals surface area contributed by atoms with Crippen LogP contribution in [0.15, 0.2) is 95.8 Å². The first kappa shape index (κ1) is 38.2. The molecule has 0 unspecified atom stereocenters. The number of fused-ring (bicyclic) bond motifs is 6. The van der Waals surface area contributed by atoms with Crippen LogP contribution in [0.4, 0.5) is 16.2 Å². The number of phenolic OH excluding ortho intramolecular Hbond substituents is 1. The highest BCUT2D eigenvalue weighted by Crippen LogP contribution is 2.51. The fourth-order valence-electron chi connectivity index (χ4n) is 8.74. The number of aromatic nitrogens is 1. The van der Waals surface area contributed by atoms with Crippen LogP contribution in [-0.2, 0) is 27.2 Å². The summed E-state index contributed by atoms with van der Waals surface area (Å²) in [5.74, 6) is 0.231. The number of aliphatic hydroxyl groups excluding tert-OH is 1. The number of hydrogen-bond donors (Lipinski definition) is 6. The molecule has 5 aromatic rings. The van der Waals surface area contributed by atoms with Crippen molar-refractivity contribution in [2.24, 2.45) is 0 Å². The Labute approximate surface area is 330 Å². The van der Waals surface area contributed by atoms with Crippen molar-refractivity contribution in [3.63, 3.8) is 0 Å². The molecule has 3 fully saturated rings. The summed E-state index contributed by atoms with van der Waals surface area (Å²) in [6, 6.07) is 27.8. The predicted molar refractivity (Wildman–Crippen MR) is 216 cm³/mol. The molecule has 0 radical (unpaired) electrons. The highest BCUT2D eigenvalue weighted by molar-refractivity contribution is 5.93. The van der Waals surface area contributed by atoms with Gasteiger partial charge in [-0.25, -0.2) is 4.79 Å². The van der Waals surface area contributed by atoms with Gasteiger partial charge in [-0.2, -0.15) is 0 Å². The van der Waals surface area contributed by atoms with E-state index in [9.17, 15) is 24.6 Å². The van der Waals surface area contributed by atoms with Crippen molar-refractivity contribution in [2.45, 2.75) is 68.7 Å². The molecule has 2 amide bonds. The Kier molecular flexibility index (Phi) is 10.5. The van der Waals surface area contributed by atoms with E-state index in [1.54, 1.807) is 18.2 Å². The molecule has 57 heavy (non-hydrogen) atoms. The summed E-state index contributed by atoms with van der Waals surface area (Å²) >= 11 is 0. The molecule has 4 aromatic carbocycles. The van der Waals surface area contributed by atoms with Crippen LogP contribution in [0.25, 0.3) is 22.0 Å². The number of nitrogens with one attached hydrogen (secondary N) is 4. The molecular weight excluding hydrogens is 727 g/mol. The van der Waals surface area contributed by atoms with Gasteiger partial charge in [-0.1, -0.05) is 54.6 Å². The maximum atomic E-state index is 13.3. The normalized spacial score (nSPS) is 22.0. The van der Waals surface area contributed by atoms with Crippen molar-refractivity contribution in [2.75, 3.05) is 38.4 Å². The fraction of sp³-hybridized carbons (Fsp3) is 0.341. The molecule has 0 aliphatic carbocycles. The van der Waals surface area contributed by atoms with Crippen LogP contribution in [0, 0.1) is 0 Å². The fourth-order valence-corrected chi connectivity index (χ4v) is 8.74. The zero-order chi connectivity index (χ0) is 39.8. The first-order valence-corrected chi connectivity index (χ1v) is 19.3. The molecular formula is C44H48N5O8+. The number of quaternary nitrogens is 1. The Morgan fingerprint density at radius 1 is 0.912 bits per heavy atom. The van der Waals surface area contributed by atoms with Crippen molar-refractivity contribution in [1.29, 1.82) is 0 Å². The van der Waals surface area contributed by atoms with Crippen LogP contribution >= 0.6 is 0 Å². The van der Waals surface area contributed by atoms with Gasteiger partial charge in [0.2, 0.25) is 11.5 Å². The first-order valence-electron chi connectivity index (χ1n) is 19.3. The zero-order valence-electron chi connectivity index (χ0n) is 32.2. The zero-order valence-corrected chi connectivity index (χ0v) is 32.2. The highest BCUT2D eigenvalue weighted by Gasteiger charge is 2.70. The van der Waals surface area contributed by atoms with Gasteiger partial charge in [0, 0.05) is 49.4 Å². The summed E-state index contributed by atoms with van der Waals surface area (Å²) < 4.78 is 18.4. The summed E-state index contributed by atoms with van der Waals surface area (Å²) in [6.07, 6.45) is 1.17. The van der Waals surface area contributed by atoms with E-state index in [-0.39, 0.29) is 54.0 Å². The minimum absolute atomic E-state index is 0.0683. The smallest absolute Gasteiger partial charge is 0.411 e. The quantitative estimate of drug-likeness (QED) is 0.0657. The van der Waals surface area contributed by atoms with Gasteiger partial charge in [0.1, 0.15) is 41.9 Å². The molecule has 1 aromatic heterocycles. The number of aromatic amines is 1. The number of likely N-dealkylation sites (N-methyl/N-ethyl adjacent to an activating group) is 1. The molecule has 296 valence electrons. The van der Waals surface area contributed by atoms with E-state index in [2.05, 4.69) is 35.0 Å². The largest absolute Gasteiger partial charge is 0.506 e. The monoisotopic (exact) mass is 774 g/mol.